The molecule has 0 aliphatic carbocycles. The van der Waals surface area contributed by atoms with Crippen LogP contribution in [0.4, 0.5) is 4.79 Å². The Hall–Kier alpha value is -2.29. The minimum atomic E-state index is -1.45. The molecule has 0 aromatic heterocycles. The zero-order chi connectivity index (χ0) is 22.9. The van der Waals surface area contributed by atoms with Gasteiger partial charge >= 0.3 is 18.0 Å². The predicted octanol–water partition coefficient (Wildman–Crippen LogP) is 3.52. The van der Waals surface area contributed by atoms with Crippen LogP contribution in [0.1, 0.15) is 37.6 Å². The first-order chi connectivity index (χ1) is 13.9. The number of carbonyl (C=O) groups excluding carboxylic acids is 3. The summed E-state index contributed by atoms with van der Waals surface area (Å²) in [5.41, 5.74) is -0.821. The normalized spacial score (nSPS) is 13.0. The molecule has 10 heteroatoms. The van der Waals surface area contributed by atoms with Crippen LogP contribution in [0.3, 0.4) is 0 Å². The van der Waals surface area contributed by atoms with Crippen LogP contribution in [0.15, 0.2) is 30.9 Å². The molecule has 0 radical (unpaired) electrons. The van der Waals surface area contributed by atoms with E-state index in [0.717, 1.165) is 0 Å². The van der Waals surface area contributed by atoms with Crippen LogP contribution in [0.2, 0.25) is 10.0 Å². The highest BCUT2D eigenvalue weighted by Gasteiger charge is 2.29. The van der Waals surface area contributed by atoms with Crippen LogP contribution < -0.4 is 5.32 Å². The van der Waals surface area contributed by atoms with E-state index >= 15 is 0 Å². The lowest BCUT2D eigenvalue weighted by molar-refractivity contribution is -0.156. The van der Waals surface area contributed by atoms with Gasteiger partial charge in [-0.05, 0) is 32.9 Å². The molecule has 1 aromatic carbocycles. The van der Waals surface area contributed by atoms with Crippen LogP contribution in [-0.4, -0.2) is 54.1 Å². The van der Waals surface area contributed by atoms with Crippen LogP contribution in [-0.2, 0) is 19.0 Å². The van der Waals surface area contributed by atoms with Gasteiger partial charge in [0.25, 0.3) is 0 Å². The summed E-state index contributed by atoms with van der Waals surface area (Å²) < 4.78 is 15.1. The second-order valence-corrected chi connectivity index (χ2v) is 8.01. The summed E-state index contributed by atoms with van der Waals surface area (Å²) >= 11 is 11.9. The molecule has 166 valence electrons. The van der Waals surface area contributed by atoms with Gasteiger partial charge in [0.05, 0.1) is 28.1 Å². The van der Waals surface area contributed by atoms with Gasteiger partial charge < -0.3 is 24.6 Å². The van der Waals surface area contributed by atoms with Crippen LogP contribution in [0, 0.1) is 0 Å². The molecule has 0 bridgehead atoms. The molecule has 0 heterocycles. The minimum Gasteiger partial charge on any atom is -0.460 e. The first kappa shape index (κ1) is 25.7. The third-order valence-electron chi connectivity index (χ3n) is 3.46. The molecule has 0 saturated carbocycles. The Bertz CT molecular complexity index is 757. The van der Waals surface area contributed by atoms with Crippen molar-refractivity contribution in [3.63, 3.8) is 0 Å². The fraction of sp³-hybridized carbons (Fsp3) is 0.450. The Morgan fingerprint density at radius 3 is 2.33 bits per heavy atom. The molecule has 2 atom stereocenters. The van der Waals surface area contributed by atoms with E-state index in [4.69, 9.17) is 37.4 Å². The predicted molar refractivity (Wildman–Crippen MR) is 112 cm³/mol. The maximum atomic E-state index is 12.3. The highest BCUT2D eigenvalue weighted by atomic mass is 35.5. The lowest BCUT2D eigenvalue weighted by atomic mass is 10.1. The van der Waals surface area contributed by atoms with Crippen molar-refractivity contribution in [1.29, 1.82) is 0 Å². The van der Waals surface area contributed by atoms with Crippen LogP contribution >= 0.6 is 23.2 Å². The highest BCUT2D eigenvalue weighted by Crippen LogP contribution is 2.25. The fourth-order valence-electron chi connectivity index (χ4n) is 2.22. The fourth-order valence-corrected chi connectivity index (χ4v) is 2.77. The van der Waals surface area contributed by atoms with E-state index in [9.17, 15) is 19.5 Å². The number of hydrogen-bond acceptors (Lipinski definition) is 7. The number of alkyl carbamates (subject to hydrolysis) is 1. The van der Waals surface area contributed by atoms with Crippen molar-refractivity contribution >= 4 is 41.2 Å². The first-order valence-corrected chi connectivity index (χ1v) is 9.75. The number of ether oxygens (including phenoxy) is 3. The number of hydrogen-bond donors (Lipinski definition) is 2. The molecule has 2 unspecified atom stereocenters. The second-order valence-electron chi connectivity index (χ2n) is 7.19. The van der Waals surface area contributed by atoms with Crippen molar-refractivity contribution in [3.8, 4) is 0 Å². The molecule has 0 spiro atoms. The van der Waals surface area contributed by atoms with Crippen molar-refractivity contribution < 1.29 is 33.7 Å². The molecule has 0 fully saturated rings. The van der Waals surface area contributed by atoms with Gasteiger partial charge in [0.2, 0.25) is 0 Å². The average Bonchev–Trinajstić information content (AvgIpc) is 2.62. The minimum absolute atomic E-state index is 0.0601. The summed E-state index contributed by atoms with van der Waals surface area (Å²) in [7, 11) is 0. The van der Waals surface area contributed by atoms with Crippen LogP contribution in [0.25, 0.3) is 0 Å². The maximum absolute atomic E-state index is 12.3. The van der Waals surface area contributed by atoms with Crippen molar-refractivity contribution in [2.24, 2.45) is 0 Å². The third-order valence-corrected chi connectivity index (χ3v) is 4.09. The van der Waals surface area contributed by atoms with Gasteiger partial charge in [-0.25, -0.2) is 9.59 Å². The molecule has 0 aliphatic heterocycles. The van der Waals surface area contributed by atoms with Crippen molar-refractivity contribution in [2.45, 2.75) is 44.9 Å². The summed E-state index contributed by atoms with van der Waals surface area (Å²) in [5, 5.41) is 12.9. The number of benzene rings is 1. The Kier molecular flexibility index (Phi) is 10.1. The van der Waals surface area contributed by atoms with Gasteiger partial charge in [-0.1, -0.05) is 41.9 Å². The van der Waals surface area contributed by atoms with Gasteiger partial charge in [0, 0.05) is 0 Å². The number of nitrogens with one attached hydrogen (secondary N) is 1. The van der Waals surface area contributed by atoms with E-state index in [0.29, 0.717) is 0 Å². The number of rotatable bonds is 9. The Balaban J connectivity index is 2.83. The topological polar surface area (TPSA) is 111 Å². The maximum Gasteiger partial charge on any atom is 0.407 e. The summed E-state index contributed by atoms with van der Waals surface area (Å²) in [5.74, 6) is -1.54. The lowest BCUT2D eigenvalue weighted by Gasteiger charge is -2.25. The van der Waals surface area contributed by atoms with E-state index in [1.165, 1.54) is 18.2 Å². The molecule has 1 rings (SSSR count). The smallest absolute Gasteiger partial charge is 0.407 e. The lowest BCUT2D eigenvalue weighted by Crippen LogP contribution is -2.47. The largest absolute Gasteiger partial charge is 0.460 e. The van der Waals surface area contributed by atoms with E-state index in [2.05, 4.69) is 11.9 Å². The molecule has 30 heavy (non-hydrogen) atoms. The second kappa shape index (κ2) is 11.8. The zero-order valence-electron chi connectivity index (χ0n) is 16.9. The Morgan fingerprint density at radius 2 is 1.80 bits per heavy atom. The molecular weight excluding hydrogens is 437 g/mol. The Labute approximate surface area is 185 Å². The number of halogens is 2. The van der Waals surface area contributed by atoms with Crippen molar-refractivity contribution in [2.75, 3.05) is 13.2 Å². The van der Waals surface area contributed by atoms with E-state index < -0.39 is 42.4 Å². The van der Waals surface area contributed by atoms with E-state index in [1.807, 2.05) is 0 Å². The number of aliphatic hydroxyl groups excluding tert-OH is 1. The molecule has 0 saturated heterocycles. The van der Waals surface area contributed by atoms with E-state index in [-0.39, 0.29) is 28.6 Å². The van der Waals surface area contributed by atoms with Gasteiger partial charge in [0.1, 0.15) is 24.9 Å². The van der Waals surface area contributed by atoms with Gasteiger partial charge in [0.15, 0.2) is 0 Å². The highest BCUT2D eigenvalue weighted by molar-refractivity contribution is 6.39. The molecule has 0 aliphatic rings. The number of carbonyl (C=O) groups is 3. The van der Waals surface area contributed by atoms with Crippen molar-refractivity contribution in [3.05, 3.63) is 46.5 Å². The monoisotopic (exact) mass is 461 g/mol. The summed E-state index contributed by atoms with van der Waals surface area (Å²) in [6, 6.07) is 3.34. The third kappa shape index (κ3) is 9.02. The van der Waals surface area contributed by atoms with Gasteiger partial charge in [-0.2, -0.15) is 0 Å². The van der Waals surface area contributed by atoms with Gasteiger partial charge in [-0.3, -0.25) is 4.79 Å². The number of esters is 2. The molecule has 8 nitrogen and oxygen atoms in total. The molecule has 1 aromatic rings. The standard InChI is InChI=1S/C20H25Cl2NO7/c1-5-9-28-19(27)23-14(10-16(25)30-20(2,3)4)15(24)11-29-18(26)17-12(21)7-6-8-13(17)22/h5-8,14-15,24H,1,9-11H2,2-4H3,(H,23,27). The first-order valence-electron chi connectivity index (χ1n) is 8.99. The molecular formula is C20H25Cl2NO7. The zero-order valence-corrected chi connectivity index (χ0v) is 18.5. The molecule has 1 amide bonds. The number of aliphatic hydroxyl groups is 1. The summed E-state index contributed by atoms with van der Waals surface area (Å²) in [6.45, 7) is 7.84. The summed E-state index contributed by atoms with van der Waals surface area (Å²) in [4.78, 5) is 36.2. The Morgan fingerprint density at radius 1 is 1.20 bits per heavy atom. The quantitative estimate of drug-likeness (QED) is 0.328. The average molecular weight is 462 g/mol. The molecule has 2 N–H and O–H groups in total. The van der Waals surface area contributed by atoms with E-state index in [1.54, 1.807) is 26.8 Å². The SMILES string of the molecule is C=CCOC(=O)NC(CC(=O)OC(C)(C)C)C(O)COC(=O)c1c(Cl)cccc1Cl. The van der Waals surface area contributed by atoms with Crippen molar-refractivity contribution in [1.82, 2.24) is 5.32 Å². The summed E-state index contributed by atoms with van der Waals surface area (Å²) in [6.07, 6.45) is -1.36. The van der Waals surface area contributed by atoms with Gasteiger partial charge in [-0.15, -0.1) is 0 Å². The van der Waals surface area contributed by atoms with Crippen LogP contribution in [0.5, 0.6) is 0 Å². The number of amides is 1.